The van der Waals surface area contributed by atoms with Crippen LogP contribution in [-0.2, 0) is 4.79 Å². The number of benzene rings is 1. The fraction of sp³-hybridized carbons (Fsp3) is 0.357. The molecule has 0 aliphatic rings. The molecule has 0 spiro atoms. The lowest BCUT2D eigenvalue weighted by atomic mass is 10.2. The average Bonchev–Trinajstić information content (AvgIpc) is 2.81. The molecule has 2 aromatic rings. The maximum absolute atomic E-state index is 11.3. The zero-order chi connectivity index (χ0) is 13.1. The summed E-state index contributed by atoms with van der Waals surface area (Å²) in [4.78, 5) is 13.3. The van der Waals surface area contributed by atoms with Crippen LogP contribution >= 0.6 is 0 Å². The Bertz CT molecular complexity index is 514. The molecule has 96 valence electrons. The number of fused-ring (bicyclic) bond motifs is 1. The van der Waals surface area contributed by atoms with Gasteiger partial charge in [0.1, 0.15) is 11.3 Å². The lowest BCUT2D eigenvalue weighted by Crippen LogP contribution is -2.34. The molecule has 1 aromatic carbocycles. The molecular formula is C14H18N2O2. The number of carbonyl (C=O) groups excluding carboxylic acids is 1. The summed E-state index contributed by atoms with van der Waals surface area (Å²) in [6, 6.07) is 10.0. The summed E-state index contributed by atoms with van der Waals surface area (Å²) in [6.07, 6.45) is 0. The molecule has 0 fully saturated rings. The van der Waals surface area contributed by atoms with E-state index in [2.05, 4.69) is 5.32 Å². The fourth-order valence-corrected chi connectivity index (χ4v) is 1.87. The minimum Gasteiger partial charge on any atom is -0.459 e. The second kappa shape index (κ2) is 5.23. The first-order chi connectivity index (χ1) is 8.61. The highest BCUT2D eigenvalue weighted by Gasteiger charge is 2.17. The molecule has 0 bridgehead atoms. The monoisotopic (exact) mass is 246 g/mol. The van der Waals surface area contributed by atoms with Gasteiger partial charge in [-0.25, -0.2) is 0 Å². The number of amides is 1. The van der Waals surface area contributed by atoms with Crippen LogP contribution in [0.15, 0.2) is 34.7 Å². The number of furan rings is 1. The molecule has 0 aliphatic carbocycles. The predicted molar refractivity (Wildman–Crippen MR) is 71.3 cm³/mol. The summed E-state index contributed by atoms with van der Waals surface area (Å²) in [5, 5.41) is 3.71. The van der Waals surface area contributed by atoms with Gasteiger partial charge in [-0.05, 0) is 26.1 Å². The van der Waals surface area contributed by atoms with Gasteiger partial charge in [0.25, 0.3) is 0 Å². The van der Waals surface area contributed by atoms with E-state index in [0.29, 0.717) is 6.54 Å². The second-order valence-electron chi connectivity index (χ2n) is 4.45. The van der Waals surface area contributed by atoms with Crippen LogP contribution in [0.5, 0.6) is 0 Å². The Labute approximate surface area is 107 Å². The van der Waals surface area contributed by atoms with Crippen molar-refractivity contribution in [2.75, 3.05) is 20.6 Å². The lowest BCUT2D eigenvalue weighted by Gasteiger charge is -2.21. The number of likely N-dealkylation sites (N-methyl/N-ethyl adjacent to an activating group) is 2. The minimum absolute atomic E-state index is 0.000427. The molecule has 0 saturated carbocycles. The molecule has 1 heterocycles. The third kappa shape index (κ3) is 2.54. The molecule has 1 atom stereocenters. The third-order valence-electron chi connectivity index (χ3n) is 3.19. The van der Waals surface area contributed by atoms with Gasteiger partial charge in [0, 0.05) is 12.4 Å². The summed E-state index contributed by atoms with van der Waals surface area (Å²) in [7, 11) is 3.55. The lowest BCUT2D eigenvalue weighted by molar-refractivity contribution is -0.121. The highest BCUT2D eigenvalue weighted by molar-refractivity contribution is 5.78. The van der Waals surface area contributed by atoms with Gasteiger partial charge < -0.3 is 9.73 Å². The average molecular weight is 246 g/mol. The standard InChI is InChI=1S/C14H18N2O2/c1-10(16(3)9-14(17)15-2)13-8-11-6-4-5-7-12(11)18-13/h4-8,10H,9H2,1-3H3,(H,15,17). The van der Waals surface area contributed by atoms with Crippen LogP contribution in [0.4, 0.5) is 0 Å². The molecule has 0 radical (unpaired) electrons. The summed E-state index contributed by atoms with van der Waals surface area (Å²) >= 11 is 0. The largest absolute Gasteiger partial charge is 0.459 e. The van der Waals surface area contributed by atoms with Gasteiger partial charge in [0.05, 0.1) is 12.6 Å². The van der Waals surface area contributed by atoms with E-state index in [-0.39, 0.29) is 11.9 Å². The minimum atomic E-state index is 0.000427. The van der Waals surface area contributed by atoms with Gasteiger partial charge in [-0.15, -0.1) is 0 Å². The number of nitrogens with zero attached hydrogens (tertiary/aromatic N) is 1. The Hall–Kier alpha value is -1.81. The van der Waals surface area contributed by atoms with Crippen molar-refractivity contribution < 1.29 is 9.21 Å². The highest BCUT2D eigenvalue weighted by Crippen LogP contribution is 2.26. The topological polar surface area (TPSA) is 45.5 Å². The van der Waals surface area contributed by atoms with Gasteiger partial charge in [0.15, 0.2) is 0 Å². The predicted octanol–water partition coefficient (Wildman–Crippen LogP) is 2.17. The van der Waals surface area contributed by atoms with E-state index in [4.69, 9.17) is 4.42 Å². The summed E-state index contributed by atoms with van der Waals surface area (Å²) in [6.45, 7) is 2.38. The number of para-hydroxylation sites is 1. The number of hydrogen-bond acceptors (Lipinski definition) is 3. The molecule has 1 aromatic heterocycles. The van der Waals surface area contributed by atoms with E-state index in [1.165, 1.54) is 0 Å². The van der Waals surface area contributed by atoms with Crippen molar-refractivity contribution >= 4 is 16.9 Å². The van der Waals surface area contributed by atoms with Crippen molar-refractivity contribution in [2.45, 2.75) is 13.0 Å². The number of carbonyl (C=O) groups is 1. The SMILES string of the molecule is CNC(=O)CN(C)C(C)c1cc2ccccc2o1. The molecular weight excluding hydrogens is 228 g/mol. The van der Waals surface area contributed by atoms with Crippen molar-refractivity contribution in [2.24, 2.45) is 0 Å². The van der Waals surface area contributed by atoms with Gasteiger partial charge >= 0.3 is 0 Å². The molecule has 4 heteroatoms. The van der Waals surface area contributed by atoms with Crippen LogP contribution in [0.2, 0.25) is 0 Å². The van der Waals surface area contributed by atoms with Crippen molar-refractivity contribution in [1.29, 1.82) is 0 Å². The van der Waals surface area contributed by atoms with E-state index in [1.54, 1.807) is 7.05 Å². The Morgan fingerprint density at radius 3 is 2.83 bits per heavy atom. The molecule has 2 rings (SSSR count). The van der Waals surface area contributed by atoms with Crippen LogP contribution in [0.1, 0.15) is 18.7 Å². The zero-order valence-electron chi connectivity index (χ0n) is 10.9. The van der Waals surface area contributed by atoms with Crippen molar-refractivity contribution in [3.05, 3.63) is 36.1 Å². The van der Waals surface area contributed by atoms with Crippen molar-refractivity contribution in [3.63, 3.8) is 0 Å². The molecule has 18 heavy (non-hydrogen) atoms. The summed E-state index contributed by atoms with van der Waals surface area (Å²) in [5.41, 5.74) is 0.882. The molecule has 1 unspecified atom stereocenters. The van der Waals surface area contributed by atoms with E-state index < -0.39 is 0 Å². The van der Waals surface area contributed by atoms with Crippen LogP contribution in [0.3, 0.4) is 0 Å². The summed E-state index contributed by atoms with van der Waals surface area (Å²) in [5.74, 6) is 0.878. The third-order valence-corrected chi connectivity index (χ3v) is 3.19. The molecule has 4 nitrogen and oxygen atoms in total. The maximum Gasteiger partial charge on any atom is 0.233 e. The van der Waals surface area contributed by atoms with Crippen LogP contribution in [0.25, 0.3) is 11.0 Å². The van der Waals surface area contributed by atoms with E-state index in [1.807, 2.05) is 49.2 Å². The summed E-state index contributed by atoms with van der Waals surface area (Å²) < 4.78 is 5.79. The van der Waals surface area contributed by atoms with Crippen molar-refractivity contribution in [1.82, 2.24) is 10.2 Å². The molecule has 0 aliphatic heterocycles. The normalized spacial score (nSPS) is 12.9. The zero-order valence-corrected chi connectivity index (χ0v) is 10.9. The Morgan fingerprint density at radius 2 is 2.17 bits per heavy atom. The van der Waals surface area contributed by atoms with E-state index in [0.717, 1.165) is 16.7 Å². The Balaban J connectivity index is 2.17. The highest BCUT2D eigenvalue weighted by atomic mass is 16.3. The Morgan fingerprint density at radius 1 is 1.44 bits per heavy atom. The first kappa shape index (κ1) is 12.6. The number of nitrogens with one attached hydrogen (secondary N) is 1. The second-order valence-corrected chi connectivity index (χ2v) is 4.45. The Kier molecular flexibility index (Phi) is 3.67. The van der Waals surface area contributed by atoms with Gasteiger partial charge in [-0.3, -0.25) is 9.69 Å². The van der Waals surface area contributed by atoms with E-state index in [9.17, 15) is 4.79 Å². The molecule has 0 saturated heterocycles. The molecule has 1 N–H and O–H groups in total. The molecule has 1 amide bonds. The van der Waals surface area contributed by atoms with Crippen LogP contribution in [-0.4, -0.2) is 31.4 Å². The number of rotatable bonds is 4. The van der Waals surface area contributed by atoms with Gasteiger partial charge in [-0.1, -0.05) is 18.2 Å². The van der Waals surface area contributed by atoms with Gasteiger partial charge in [0.2, 0.25) is 5.91 Å². The smallest absolute Gasteiger partial charge is 0.233 e. The van der Waals surface area contributed by atoms with Crippen LogP contribution in [0, 0.1) is 0 Å². The van der Waals surface area contributed by atoms with E-state index >= 15 is 0 Å². The fourth-order valence-electron chi connectivity index (χ4n) is 1.87. The maximum atomic E-state index is 11.3. The van der Waals surface area contributed by atoms with Gasteiger partial charge in [-0.2, -0.15) is 0 Å². The number of hydrogen-bond donors (Lipinski definition) is 1. The van der Waals surface area contributed by atoms with Crippen molar-refractivity contribution in [3.8, 4) is 0 Å². The quantitative estimate of drug-likeness (QED) is 0.899. The van der Waals surface area contributed by atoms with Crippen LogP contribution < -0.4 is 5.32 Å². The first-order valence-electron chi connectivity index (χ1n) is 6.01. The first-order valence-corrected chi connectivity index (χ1v) is 6.01.